The van der Waals surface area contributed by atoms with Crippen LogP contribution in [0, 0.1) is 17.7 Å². The fraction of sp³-hybridized carbons (Fsp3) is 0.360. The van der Waals surface area contributed by atoms with Gasteiger partial charge >= 0.3 is 0 Å². The SMILES string of the molecule is CN1CCC(O)(C#Cc2sc3ncn(CC(=O)N4CC(C)(F)C4)c(=O)c3c2-c2ccc(F)c(Br)c2)C1=O. The van der Waals surface area contributed by atoms with Gasteiger partial charge in [-0.15, -0.1) is 11.3 Å². The number of benzene rings is 1. The van der Waals surface area contributed by atoms with E-state index in [1.807, 2.05) is 0 Å². The van der Waals surface area contributed by atoms with E-state index in [9.17, 15) is 28.3 Å². The van der Waals surface area contributed by atoms with Gasteiger partial charge in [0.2, 0.25) is 11.5 Å². The number of thiophene rings is 1. The first-order chi connectivity index (χ1) is 17.4. The Morgan fingerprint density at radius 2 is 2.05 bits per heavy atom. The highest BCUT2D eigenvalue weighted by Gasteiger charge is 2.43. The van der Waals surface area contributed by atoms with E-state index in [0.29, 0.717) is 27.4 Å². The monoisotopic (exact) mass is 590 g/mol. The second-order valence-corrected chi connectivity index (χ2v) is 11.4. The third-order valence-corrected chi connectivity index (χ3v) is 8.10. The standard InChI is InChI=1S/C25H21BrF2N4O4S/c1-24(28)11-32(12-24)18(33)10-31-13-29-21-20(22(31)34)19(14-3-4-16(27)15(26)9-14)17(37-21)5-6-25(36)7-8-30(2)23(25)35/h3-4,9,13,36H,7-8,10-12H2,1-2H3. The number of rotatable bonds is 3. The topological polar surface area (TPSA) is 95.7 Å². The molecular formula is C25H21BrF2N4O4S. The molecule has 2 fully saturated rings. The lowest BCUT2D eigenvalue weighted by Crippen LogP contribution is -2.60. The Morgan fingerprint density at radius 1 is 1.32 bits per heavy atom. The van der Waals surface area contributed by atoms with Crippen molar-refractivity contribution in [2.24, 2.45) is 0 Å². The largest absolute Gasteiger partial charge is 0.369 e. The number of likely N-dealkylation sites (tertiary alicyclic amines) is 2. The first kappa shape index (κ1) is 25.5. The normalized spacial score (nSPS) is 20.6. The Labute approximate surface area is 222 Å². The van der Waals surface area contributed by atoms with Crippen LogP contribution in [-0.2, 0) is 16.1 Å². The van der Waals surface area contributed by atoms with Crippen molar-refractivity contribution in [2.75, 3.05) is 26.7 Å². The zero-order valence-corrected chi connectivity index (χ0v) is 22.3. The Balaban J connectivity index is 1.62. The van der Waals surface area contributed by atoms with Gasteiger partial charge in [-0.3, -0.25) is 19.0 Å². The number of nitrogens with zero attached hydrogens (tertiary/aromatic N) is 4. The first-order valence-corrected chi connectivity index (χ1v) is 12.9. The summed E-state index contributed by atoms with van der Waals surface area (Å²) in [6.45, 7) is 1.36. The van der Waals surface area contributed by atoms with Gasteiger partial charge in [-0.05, 0) is 40.5 Å². The van der Waals surface area contributed by atoms with Crippen molar-refractivity contribution in [1.82, 2.24) is 19.4 Å². The summed E-state index contributed by atoms with van der Waals surface area (Å²) in [6.07, 6.45) is 1.39. The number of alkyl halides is 1. The predicted octanol–water partition coefficient (Wildman–Crippen LogP) is 2.54. The zero-order chi connectivity index (χ0) is 26.7. The lowest BCUT2D eigenvalue weighted by atomic mass is 9.99. The van der Waals surface area contributed by atoms with Crippen LogP contribution in [0.3, 0.4) is 0 Å². The van der Waals surface area contributed by atoms with E-state index < -0.39 is 34.5 Å². The highest BCUT2D eigenvalue weighted by molar-refractivity contribution is 9.10. The van der Waals surface area contributed by atoms with Gasteiger partial charge in [-0.2, -0.15) is 0 Å². The van der Waals surface area contributed by atoms with Crippen molar-refractivity contribution >= 4 is 49.3 Å². The number of likely N-dealkylation sites (N-methyl/N-ethyl adjacent to an activating group) is 1. The maximum Gasteiger partial charge on any atom is 0.267 e. The van der Waals surface area contributed by atoms with Crippen LogP contribution in [0.25, 0.3) is 21.3 Å². The molecule has 3 aromatic rings. The third-order valence-electron chi connectivity index (χ3n) is 6.48. The Morgan fingerprint density at radius 3 is 2.68 bits per heavy atom. The summed E-state index contributed by atoms with van der Waals surface area (Å²) in [4.78, 5) is 46.3. The highest BCUT2D eigenvalue weighted by atomic mass is 79.9. The van der Waals surface area contributed by atoms with Crippen LogP contribution in [-0.4, -0.2) is 74.2 Å². The molecule has 2 amide bonds. The summed E-state index contributed by atoms with van der Waals surface area (Å²) in [5, 5.41) is 10.9. The molecule has 0 radical (unpaired) electrons. The lowest BCUT2D eigenvalue weighted by molar-refractivity contribution is -0.144. The molecule has 2 aliphatic heterocycles. The number of fused-ring (bicyclic) bond motifs is 1. The summed E-state index contributed by atoms with van der Waals surface area (Å²) in [5.41, 5.74) is -2.99. The summed E-state index contributed by atoms with van der Waals surface area (Å²) in [7, 11) is 1.57. The van der Waals surface area contributed by atoms with Gasteiger partial charge in [0.1, 0.15) is 22.9 Å². The number of aliphatic hydroxyl groups is 1. The summed E-state index contributed by atoms with van der Waals surface area (Å²) >= 11 is 4.25. The summed E-state index contributed by atoms with van der Waals surface area (Å²) < 4.78 is 29.2. The molecule has 1 N–H and O–H groups in total. The number of hydrogen-bond acceptors (Lipinski definition) is 6. The second-order valence-electron chi connectivity index (χ2n) is 9.54. The van der Waals surface area contributed by atoms with Gasteiger partial charge in [0.25, 0.3) is 11.5 Å². The van der Waals surface area contributed by atoms with Gasteiger partial charge in [0, 0.05) is 25.6 Å². The average Bonchev–Trinajstić information content (AvgIpc) is 3.33. The molecule has 37 heavy (non-hydrogen) atoms. The molecule has 12 heteroatoms. The van der Waals surface area contributed by atoms with Crippen molar-refractivity contribution < 1.29 is 23.5 Å². The third kappa shape index (κ3) is 4.56. The molecule has 0 saturated carbocycles. The van der Waals surface area contributed by atoms with Crippen molar-refractivity contribution in [3.63, 3.8) is 0 Å². The number of hydrogen-bond donors (Lipinski definition) is 1. The van der Waals surface area contributed by atoms with E-state index in [2.05, 4.69) is 32.8 Å². The molecular weight excluding hydrogens is 570 g/mol. The quantitative estimate of drug-likeness (QED) is 0.473. The van der Waals surface area contributed by atoms with E-state index in [4.69, 9.17) is 0 Å². The number of carbonyl (C=O) groups excluding carboxylic acids is 2. The molecule has 1 atom stereocenters. The van der Waals surface area contributed by atoms with Crippen molar-refractivity contribution in [2.45, 2.75) is 31.2 Å². The minimum Gasteiger partial charge on any atom is -0.369 e. The molecule has 1 unspecified atom stereocenters. The van der Waals surface area contributed by atoms with Crippen LogP contribution >= 0.6 is 27.3 Å². The van der Waals surface area contributed by atoms with Crippen LogP contribution in [0.5, 0.6) is 0 Å². The van der Waals surface area contributed by atoms with Gasteiger partial charge in [-0.1, -0.05) is 17.9 Å². The molecule has 4 heterocycles. The Bertz CT molecular complexity index is 1580. The van der Waals surface area contributed by atoms with E-state index in [-0.39, 0.29) is 35.9 Å². The van der Waals surface area contributed by atoms with E-state index >= 15 is 0 Å². The number of amides is 2. The van der Waals surface area contributed by atoms with Gasteiger partial charge in [0.05, 0.1) is 34.2 Å². The van der Waals surface area contributed by atoms with Crippen LogP contribution in [0.15, 0.2) is 33.8 Å². The molecule has 0 spiro atoms. The Kier molecular flexibility index (Phi) is 6.21. The van der Waals surface area contributed by atoms with Gasteiger partial charge < -0.3 is 14.9 Å². The molecule has 1 aromatic carbocycles. The maximum atomic E-state index is 14.0. The smallest absolute Gasteiger partial charge is 0.267 e. The first-order valence-electron chi connectivity index (χ1n) is 11.3. The molecule has 2 aliphatic rings. The number of halogens is 3. The maximum absolute atomic E-state index is 14.0. The Hall–Kier alpha value is -3.14. The van der Waals surface area contributed by atoms with Crippen LogP contribution in [0.2, 0.25) is 0 Å². The van der Waals surface area contributed by atoms with Crippen molar-refractivity contribution in [1.29, 1.82) is 0 Å². The minimum absolute atomic E-state index is 0.0415. The highest BCUT2D eigenvalue weighted by Crippen LogP contribution is 2.37. The van der Waals surface area contributed by atoms with Crippen LogP contribution in [0.4, 0.5) is 8.78 Å². The van der Waals surface area contributed by atoms with Crippen LogP contribution in [0.1, 0.15) is 18.2 Å². The zero-order valence-electron chi connectivity index (χ0n) is 19.8. The second kappa shape index (κ2) is 9.01. The number of carbonyl (C=O) groups is 2. The molecule has 5 rings (SSSR count). The predicted molar refractivity (Wildman–Crippen MR) is 137 cm³/mol. The van der Waals surface area contributed by atoms with Crippen molar-refractivity contribution in [3.05, 3.63) is 50.0 Å². The van der Waals surface area contributed by atoms with Gasteiger partial charge in [0.15, 0.2) is 0 Å². The molecule has 8 nitrogen and oxygen atoms in total. The van der Waals surface area contributed by atoms with E-state index in [0.717, 1.165) is 15.9 Å². The molecule has 0 aliphatic carbocycles. The molecule has 192 valence electrons. The average molecular weight is 591 g/mol. The van der Waals surface area contributed by atoms with Gasteiger partial charge in [-0.25, -0.2) is 13.8 Å². The fourth-order valence-electron chi connectivity index (χ4n) is 4.46. The molecule has 2 aromatic heterocycles. The van der Waals surface area contributed by atoms with E-state index in [1.165, 1.54) is 41.2 Å². The lowest BCUT2D eigenvalue weighted by Gasteiger charge is -2.42. The molecule has 0 bridgehead atoms. The summed E-state index contributed by atoms with van der Waals surface area (Å²) in [5.74, 6) is 4.10. The minimum atomic E-state index is -1.85. The summed E-state index contributed by atoms with van der Waals surface area (Å²) in [6, 6.07) is 4.22. The van der Waals surface area contributed by atoms with Crippen molar-refractivity contribution in [3.8, 4) is 23.0 Å². The molecule has 2 saturated heterocycles. The number of aromatic nitrogens is 2. The van der Waals surface area contributed by atoms with Crippen LogP contribution < -0.4 is 5.56 Å². The fourth-order valence-corrected chi connectivity index (χ4v) is 5.84. The van der Waals surface area contributed by atoms with E-state index in [1.54, 1.807) is 7.05 Å².